The molecule has 0 fully saturated rings. The van der Waals surface area contributed by atoms with Gasteiger partial charge in [0.15, 0.2) is 0 Å². The van der Waals surface area contributed by atoms with E-state index in [9.17, 15) is 8.78 Å². The molecular formula is C17H16BrF2N. The predicted molar refractivity (Wildman–Crippen MR) is 83.1 cm³/mol. The highest BCUT2D eigenvalue weighted by atomic mass is 79.9. The third kappa shape index (κ3) is 2.21. The largest absolute Gasteiger partial charge is 0.318 e. The molecule has 0 bridgehead atoms. The van der Waals surface area contributed by atoms with E-state index in [0.717, 1.165) is 17.5 Å². The Kier molecular flexibility index (Phi) is 3.62. The first-order valence-corrected chi connectivity index (χ1v) is 7.76. The molecule has 0 amide bonds. The Labute approximate surface area is 131 Å². The summed E-state index contributed by atoms with van der Waals surface area (Å²) in [6, 6.07) is 10.3. The smallest absolute Gasteiger partial charge is 0.145 e. The maximum Gasteiger partial charge on any atom is 0.145 e. The molecule has 4 heteroatoms. The van der Waals surface area contributed by atoms with Gasteiger partial charge in [0.05, 0.1) is 10.0 Å². The molecule has 0 saturated heterocycles. The Morgan fingerprint density at radius 1 is 1.19 bits per heavy atom. The van der Waals surface area contributed by atoms with Crippen molar-refractivity contribution in [3.05, 3.63) is 69.2 Å². The van der Waals surface area contributed by atoms with Gasteiger partial charge in [-0.1, -0.05) is 31.2 Å². The van der Waals surface area contributed by atoms with Crippen LogP contribution in [0.25, 0.3) is 0 Å². The summed E-state index contributed by atoms with van der Waals surface area (Å²) >= 11 is 3.13. The summed E-state index contributed by atoms with van der Waals surface area (Å²) in [6.45, 7) is 2.12. The first-order chi connectivity index (χ1) is 9.95. The summed E-state index contributed by atoms with van der Waals surface area (Å²) in [7, 11) is 0. The molecule has 0 heterocycles. The lowest BCUT2D eigenvalue weighted by Crippen LogP contribution is -2.43. The maximum atomic E-state index is 14.5. The van der Waals surface area contributed by atoms with Crippen LogP contribution in [0.1, 0.15) is 42.4 Å². The fourth-order valence-electron chi connectivity index (χ4n) is 3.26. The molecule has 1 nitrogen and oxygen atoms in total. The molecule has 0 radical (unpaired) electrons. The van der Waals surface area contributed by atoms with Gasteiger partial charge in [0.1, 0.15) is 11.6 Å². The van der Waals surface area contributed by atoms with Crippen molar-refractivity contribution in [2.45, 2.75) is 31.2 Å². The molecule has 21 heavy (non-hydrogen) atoms. The van der Waals surface area contributed by atoms with Crippen molar-refractivity contribution in [1.29, 1.82) is 0 Å². The van der Waals surface area contributed by atoms with Crippen molar-refractivity contribution in [3.63, 3.8) is 0 Å². The number of fused-ring (bicyclic) bond motifs is 1. The normalized spacial score (nSPS) is 24.7. The molecule has 0 saturated carbocycles. The number of nitrogens with two attached hydrogens (primary N) is 1. The van der Waals surface area contributed by atoms with Crippen LogP contribution in [-0.2, 0) is 5.54 Å². The fraction of sp³-hybridized carbons (Fsp3) is 0.294. The molecule has 2 aromatic rings. The zero-order chi connectivity index (χ0) is 15.2. The van der Waals surface area contributed by atoms with Gasteiger partial charge in [-0.05, 0) is 57.9 Å². The number of benzene rings is 2. The Morgan fingerprint density at radius 2 is 1.90 bits per heavy atom. The van der Waals surface area contributed by atoms with Gasteiger partial charge in [-0.2, -0.15) is 0 Å². The van der Waals surface area contributed by atoms with Crippen LogP contribution in [0.4, 0.5) is 8.78 Å². The lowest BCUT2D eigenvalue weighted by atomic mass is 9.69. The third-order valence-electron chi connectivity index (χ3n) is 4.43. The summed E-state index contributed by atoms with van der Waals surface area (Å²) in [5, 5.41) is 0. The lowest BCUT2D eigenvalue weighted by molar-refractivity contribution is 0.377. The Hall–Kier alpha value is -1.26. The fourth-order valence-corrected chi connectivity index (χ4v) is 3.59. The second kappa shape index (κ2) is 5.18. The van der Waals surface area contributed by atoms with Crippen LogP contribution in [0.3, 0.4) is 0 Å². The van der Waals surface area contributed by atoms with Gasteiger partial charge in [0.25, 0.3) is 0 Å². The molecule has 2 atom stereocenters. The van der Waals surface area contributed by atoms with E-state index in [1.165, 1.54) is 12.1 Å². The van der Waals surface area contributed by atoms with Crippen molar-refractivity contribution in [3.8, 4) is 0 Å². The number of hydrogen-bond acceptors (Lipinski definition) is 1. The molecule has 110 valence electrons. The van der Waals surface area contributed by atoms with Crippen molar-refractivity contribution in [2.75, 3.05) is 0 Å². The second-order valence-electron chi connectivity index (χ2n) is 5.72. The predicted octanol–water partition coefficient (Wildman–Crippen LogP) is 4.83. The minimum absolute atomic E-state index is 0.0452. The summed E-state index contributed by atoms with van der Waals surface area (Å²) in [5.41, 5.74) is 7.25. The Morgan fingerprint density at radius 3 is 2.67 bits per heavy atom. The van der Waals surface area contributed by atoms with Crippen LogP contribution < -0.4 is 5.73 Å². The quantitative estimate of drug-likeness (QED) is 0.731. The molecule has 2 unspecified atom stereocenters. The summed E-state index contributed by atoms with van der Waals surface area (Å²) in [4.78, 5) is 0. The van der Waals surface area contributed by atoms with Crippen molar-refractivity contribution >= 4 is 15.9 Å². The molecule has 0 aromatic heterocycles. The van der Waals surface area contributed by atoms with Crippen molar-refractivity contribution < 1.29 is 8.78 Å². The Bertz CT molecular complexity index is 701. The molecule has 1 aliphatic rings. The SMILES string of the molecule is CC1CCC(N)(c2c(F)ccc(Br)c2F)c2ccccc21. The maximum absolute atomic E-state index is 14.5. The standard InChI is InChI=1S/C17H16BrF2N/c1-10-8-9-17(21,12-5-3-2-4-11(10)12)15-14(19)7-6-13(18)16(15)20/h2-7,10H,8-9,21H2,1H3. The monoisotopic (exact) mass is 351 g/mol. The molecule has 0 aliphatic heterocycles. The van der Waals surface area contributed by atoms with E-state index < -0.39 is 17.2 Å². The molecule has 2 N–H and O–H groups in total. The average molecular weight is 352 g/mol. The second-order valence-corrected chi connectivity index (χ2v) is 6.57. The van der Waals surface area contributed by atoms with Crippen LogP contribution >= 0.6 is 15.9 Å². The first kappa shape index (κ1) is 14.7. The van der Waals surface area contributed by atoms with E-state index in [0.29, 0.717) is 12.3 Å². The summed E-state index contributed by atoms with van der Waals surface area (Å²) in [5.74, 6) is -0.861. The lowest BCUT2D eigenvalue weighted by Gasteiger charge is -2.39. The molecule has 0 spiro atoms. The third-order valence-corrected chi connectivity index (χ3v) is 5.05. The molecule has 1 aliphatic carbocycles. The van der Waals surface area contributed by atoms with Crippen molar-refractivity contribution in [2.24, 2.45) is 5.73 Å². The van der Waals surface area contributed by atoms with Crippen LogP contribution in [-0.4, -0.2) is 0 Å². The highest BCUT2D eigenvalue weighted by Crippen LogP contribution is 2.45. The van der Waals surface area contributed by atoms with Gasteiger partial charge >= 0.3 is 0 Å². The number of hydrogen-bond donors (Lipinski definition) is 1. The first-order valence-electron chi connectivity index (χ1n) is 6.97. The van der Waals surface area contributed by atoms with Crippen LogP contribution in [0.15, 0.2) is 40.9 Å². The van der Waals surface area contributed by atoms with Crippen LogP contribution in [0.5, 0.6) is 0 Å². The van der Waals surface area contributed by atoms with Crippen molar-refractivity contribution in [1.82, 2.24) is 0 Å². The van der Waals surface area contributed by atoms with Gasteiger partial charge in [-0.25, -0.2) is 8.78 Å². The Balaban J connectivity index is 2.28. The van der Waals surface area contributed by atoms with E-state index in [2.05, 4.69) is 22.9 Å². The van der Waals surface area contributed by atoms with Gasteiger partial charge in [0, 0.05) is 5.56 Å². The van der Waals surface area contributed by atoms with E-state index >= 15 is 0 Å². The summed E-state index contributed by atoms with van der Waals surface area (Å²) < 4.78 is 29.1. The van der Waals surface area contributed by atoms with Gasteiger partial charge in [-0.3, -0.25) is 0 Å². The average Bonchev–Trinajstić information content (AvgIpc) is 2.48. The zero-order valence-electron chi connectivity index (χ0n) is 11.7. The number of rotatable bonds is 1. The van der Waals surface area contributed by atoms with E-state index in [1.807, 2.05) is 24.3 Å². The molecule has 3 rings (SSSR count). The van der Waals surface area contributed by atoms with Crippen LogP contribution in [0.2, 0.25) is 0 Å². The van der Waals surface area contributed by atoms with Crippen LogP contribution in [0, 0.1) is 11.6 Å². The highest BCUT2D eigenvalue weighted by Gasteiger charge is 2.40. The highest BCUT2D eigenvalue weighted by molar-refractivity contribution is 9.10. The minimum atomic E-state index is -1.12. The number of halogens is 3. The van der Waals surface area contributed by atoms with Gasteiger partial charge in [0.2, 0.25) is 0 Å². The van der Waals surface area contributed by atoms with E-state index in [-0.39, 0.29) is 10.0 Å². The zero-order valence-corrected chi connectivity index (χ0v) is 13.3. The molecular weight excluding hydrogens is 336 g/mol. The molecule has 2 aromatic carbocycles. The summed E-state index contributed by atoms with van der Waals surface area (Å²) in [6.07, 6.45) is 1.33. The minimum Gasteiger partial charge on any atom is -0.318 e. The van der Waals surface area contributed by atoms with Gasteiger partial charge in [-0.15, -0.1) is 0 Å². The van der Waals surface area contributed by atoms with E-state index in [1.54, 1.807) is 0 Å². The van der Waals surface area contributed by atoms with E-state index in [4.69, 9.17) is 5.73 Å². The van der Waals surface area contributed by atoms with Gasteiger partial charge < -0.3 is 5.73 Å². The topological polar surface area (TPSA) is 26.0 Å².